The molecule has 0 aliphatic rings. The molecule has 0 heterocycles. The molecule has 4 heteroatoms. The maximum Gasteiger partial charge on any atom is 0.255 e. The molecule has 0 saturated carbocycles. The predicted octanol–water partition coefficient (Wildman–Crippen LogP) is 5.99. The lowest BCUT2D eigenvalue weighted by Crippen LogP contribution is -2.13. The Morgan fingerprint density at radius 1 is 0.867 bits per heavy atom. The van der Waals surface area contributed by atoms with Crippen LogP contribution in [0.3, 0.4) is 0 Å². The summed E-state index contributed by atoms with van der Waals surface area (Å²) in [5.74, 6) is 1.28. The topological polar surface area (TPSA) is 47.6 Å². The van der Waals surface area contributed by atoms with Crippen molar-refractivity contribution in [1.82, 2.24) is 0 Å². The van der Waals surface area contributed by atoms with Crippen LogP contribution in [0, 0.1) is 6.92 Å². The first-order valence-electron chi connectivity index (χ1n) is 9.79. The van der Waals surface area contributed by atoms with Crippen LogP contribution in [0.4, 0.5) is 5.69 Å². The number of nitrogens with one attached hydrogen (secondary N) is 1. The Labute approximate surface area is 176 Å². The first-order valence-corrected chi connectivity index (χ1v) is 9.79. The van der Waals surface area contributed by atoms with Gasteiger partial charge < -0.3 is 14.8 Å². The van der Waals surface area contributed by atoms with E-state index < -0.39 is 0 Å². The standard InChI is InChI=1S/C26H23NO3/c1-18-7-3-6-10-24(18)27-26(28)21-12-14-25(29-2)22(15-21)17-30-23-13-11-19-8-4-5-9-20(19)16-23/h3-16H,17H2,1-2H3,(H,27,28). The Kier molecular flexibility index (Phi) is 5.66. The zero-order chi connectivity index (χ0) is 20.9. The van der Waals surface area contributed by atoms with Crippen LogP contribution in [0.5, 0.6) is 11.5 Å². The number of fused-ring (bicyclic) bond motifs is 1. The minimum absolute atomic E-state index is 0.168. The van der Waals surface area contributed by atoms with Crippen molar-refractivity contribution in [1.29, 1.82) is 0 Å². The van der Waals surface area contributed by atoms with Crippen LogP contribution < -0.4 is 14.8 Å². The number of benzene rings is 4. The highest BCUT2D eigenvalue weighted by Gasteiger charge is 2.12. The van der Waals surface area contributed by atoms with Gasteiger partial charge in [-0.3, -0.25) is 4.79 Å². The zero-order valence-electron chi connectivity index (χ0n) is 17.0. The van der Waals surface area contributed by atoms with Crippen molar-refractivity contribution >= 4 is 22.4 Å². The fourth-order valence-electron chi connectivity index (χ4n) is 3.36. The molecule has 0 bridgehead atoms. The second kappa shape index (κ2) is 8.70. The molecule has 0 unspecified atom stereocenters. The highest BCUT2D eigenvalue weighted by molar-refractivity contribution is 6.04. The number of aryl methyl sites for hydroxylation is 1. The van der Waals surface area contributed by atoms with E-state index >= 15 is 0 Å². The van der Waals surface area contributed by atoms with E-state index in [1.54, 1.807) is 19.2 Å². The molecule has 0 fully saturated rings. The van der Waals surface area contributed by atoms with Gasteiger partial charge in [0, 0.05) is 16.8 Å². The predicted molar refractivity (Wildman–Crippen MR) is 120 cm³/mol. The van der Waals surface area contributed by atoms with Gasteiger partial charge in [-0.2, -0.15) is 0 Å². The van der Waals surface area contributed by atoms with Crippen LogP contribution in [0.1, 0.15) is 21.5 Å². The molecule has 1 amide bonds. The number of rotatable bonds is 6. The fraction of sp³-hybridized carbons (Fsp3) is 0.115. The van der Waals surface area contributed by atoms with Crippen molar-refractivity contribution in [3.05, 3.63) is 102 Å². The number of hydrogen-bond acceptors (Lipinski definition) is 3. The molecule has 0 aliphatic carbocycles. The maximum atomic E-state index is 12.7. The number of hydrogen-bond donors (Lipinski definition) is 1. The lowest BCUT2D eigenvalue weighted by atomic mass is 10.1. The van der Waals surface area contributed by atoms with Gasteiger partial charge in [0.1, 0.15) is 18.1 Å². The zero-order valence-corrected chi connectivity index (χ0v) is 17.0. The molecule has 4 aromatic carbocycles. The molecule has 0 radical (unpaired) electrons. The van der Waals surface area contributed by atoms with Gasteiger partial charge in [-0.05, 0) is 59.7 Å². The number of carbonyl (C=O) groups is 1. The van der Waals surface area contributed by atoms with Crippen molar-refractivity contribution in [2.45, 2.75) is 13.5 Å². The van der Waals surface area contributed by atoms with Gasteiger partial charge in [-0.1, -0.05) is 48.5 Å². The summed E-state index contributed by atoms with van der Waals surface area (Å²) in [6.07, 6.45) is 0. The first kappa shape index (κ1) is 19.5. The molecule has 0 aromatic heterocycles. The third-order valence-corrected chi connectivity index (χ3v) is 5.05. The molecule has 0 spiro atoms. The third-order valence-electron chi connectivity index (χ3n) is 5.05. The SMILES string of the molecule is COc1ccc(C(=O)Nc2ccccc2C)cc1COc1ccc2ccccc2c1. The van der Waals surface area contributed by atoms with Gasteiger partial charge in [-0.25, -0.2) is 0 Å². The van der Waals surface area contributed by atoms with Crippen LogP contribution in [-0.4, -0.2) is 13.0 Å². The second-order valence-corrected chi connectivity index (χ2v) is 7.09. The average molecular weight is 397 g/mol. The summed E-state index contributed by atoms with van der Waals surface area (Å²) in [5, 5.41) is 5.25. The Morgan fingerprint density at radius 2 is 1.63 bits per heavy atom. The molecule has 30 heavy (non-hydrogen) atoms. The van der Waals surface area contributed by atoms with Gasteiger partial charge in [0.25, 0.3) is 5.91 Å². The minimum Gasteiger partial charge on any atom is -0.496 e. The Balaban J connectivity index is 1.53. The summed E-state index contributed by atoms with van der Waals surface area (Å²) in [6.45, 7) is 2.26. The summed E-state index contributed by atoms with van der Waals surface area (Å²) < 4.78 is 11.5. The van der Waals surface area contributed by atoms with Gasteiger partial charge >= 0.3 is 0 Å². The van der Waals surface area contributed by atoms with E-state index in [0.29, 0.717) is 17.9 Å². The number of para-hydroxylation sites is 1. The average Bonchev–Trinajstić information content (AvgIpc) is 2.78. The van der Waals surface area contributed by atoms with Crippen molar-refractivity contribution in [3.8, 4) is 11.5 Å². The van der Waals surface area contributed by atoms with E-state index in [1.807, 2.05) is 67.6 Å². The van der Waals surface area contributed by atoms with Crippen molar-refractivity contribution in [3.63, 3.8) is 0 Å². The number of carbonyl (C=O) groups excluding carboxylic acids is 1. The van der Waals surface area contributed by atoms with Crippen LogP contribution >= 0.6 is 0 Å². The van der Waals surface area contributed by atoms with E-state index in [1.165, 1.54) is 0 Å². The van der Waals surface area contributed by atoms with Gasteiger partial charge in [0.05, 0.1) is 7.11 Å². The third kappa shape index (κ3) is 4.28. The van der Waals surface area contributed by atoms with Gasteiger partial charge in [0.2, 0.25) is 0 Å². The number of ether oxygens (including phenoxy) is 2. The molecule has 0 aliphatic heterocycles. The van der Waals surface area contributed by atoms with E-state index in [0.717, 1.165) is 33.3 Å². The lowest BCUT2D eigenvalue weighted by molar-refractivity contribution is 0.102. The summed E-state index contributed by atoms with van der Waals surface area (Å²) in [7, 11) is 1.61. The molecular weight excluding hydrogens is 374 g/mol. The van der Waals surface area contributed by atoms with Crippen LogP contribution in [-0.2, 0) is 6.61 Å². The van der Waals surface area contributed by atoms with E-state index in [-0.39, 0.29) is 5.91 Å². The molecule has 4 nitrogen and oxygen atoms in total. The van der Waals surface area contributed by atoms with E-state index in [9.17, 15) is 4.79 Å². The highest BCUT2D eigenvalue weighted by atomic mass is 16.5. The van der Waals surface area contributed by atoms with Crippen molar-refractivity contribution in [2.24, 2.45) is 0 Å². The lowest BCUT2D eigenvalue weighted by Gasteiger charge is -2.13. The van der Waals surface area contributed by atoms with Crippen molar-refractivity contribution < 1.29 is 14.3 Å². The smallest absolute Gasteiger partial charge is 0.255 e. The number of methoxy groups -OCH3 is 1. The normalized spacial score (nSPS) is 10.6. The van der Waals surface area contributed by atoms with Crippen LogP contribution in [0.15, 0.2) is 84.9 Å². The second-order valence-electron chi connectivity index (χ2n) is 7.09. The Hall–Kier alpha value is -3.79. The number of amides is 1. The molecular formula is C26H23NO3. The molecule has 4 aromatic rings. The fourth-order valence-corrected chi connectivity index (χ4v) is 3.36. The van der Waals surface area contributed by atoms with Crippen LogP contribution in [0.2, 0.25) is 0 Å². The molecule has 0 saturated heterocycles. The van der Waals surface area contributed by atoms with E-state index in [2.05, 4.69) is 17.4 Å². The monoisotopic (exact) mass is 397 g/mol. The van der Waals surface area contributed by atoms with Crippen molar-refractivity contribution in [2.75, 3.05) is 12.4 Å². The summed E-state index contributed by atoms with van der Waals surface area (Å²) >= 11 is 0. The van der Waals surface area contributed by atoms with Gasteiger partial charge in [-0.15, -0.1) is 0 Å². The number of anilines is 1. The largest absolute Gasteiger partial charge is 0.496 e. The molecule has 4 rings (SSSR count). The first-order chi connectivity index (χ1) is 14.6. The quantitative estimate of drug-likeness (QED) is 0.435. The minimum atomic E-state index is -0.168. The Bertz CT molecular complexity index is 1200. The summed E-state index contributed by atoms with van der Waals surface area (Å²) in [6, 6.07) is 27.2. The molecule has 150 valence electrons. The summed E-state index contributed by atoms with van der Waals surface area (Å²) in [5.41, 5.74) is 3.17. The molecule has 1 N–H and O–H groups in total. The van der Waals surface area contributed by atoms with Crippen LogP contribution in [0.25, 0.3) is 10.8 Å². The molecule has 0 atom stereocenters. The highest BCUT2D eigenvalue weighted by Crippen LogP contribution is 2.25. The van der Waals surface area contributed by atoms with E-state index in [4.69, 9.17) is 9.47 Å². The maximum absolute atomic E-state index is 12.7. The Morgan fingerprint density at radius 3 is 2.43 bits per heavy atom. The van der Waals surface area contributed by atoms with Gasteiger partial charge in [0.15, 0.2) is 0 Å². The summed E-state index contributed by atoms with van der Waals surface area (Å²) in [4.78, 5) is 12.7.